The van der Waals surface area contributed by atoms with Crippen molar-refractivity contribution in [2.45, 2.75) is 0 Å². The van der Waals surface area contributed by atoms with Crippen LogP contribution in [0, 0.1) is 0 Å². The molecule has 0 atom stereocenters. The Morgan fingerprint density at radius 3 is 2.32 bits per heavy atom. The summed E-state index contributed by atoms with van der Waals surface area (Å²) >= 11 is 9.98. The summed E-state index contributed by atoms with van der Waals surface area (Å²) in [6, 6.07) is 25.2. The molecule has 0 spiro atoms. The highest BCUT2D eigenvalue weighted by Gasteiger charge is 2.09. The minimum atomic E-state index is 0.759. The summed E-state index contributed by atoms with van der Waals surface area (Å²) in [7, 11) is 0. The summed E-state index contributed by atoms with van der Waals surface area (Å²) in [5.41, 5.74) is 2.17. The number of rotatable bonds is 1. The van der Waals surface area contributed by atoms with Crippen LogP contribution in [0.3, 0.4) is 0 Å². The summed E-state index contributed by atoms with van der Waals surface area (Å²) in [4.78, 5) is 0. The first-order valence-electron chi connectivity index (χ1n) is 7.10. The van der Waals surface area contributed by atoms with Gasteiger partial charge in [-0.05, 0) is 45.3 Å². The SMILES string of the molecule is Clc1cccc(Br)c1-c1ccc2c(ccc3ccccc32)c1. The quantitative estimate of drug-likeness (QED) is 0.315. The Labute approximate surface area is 142 Å². The van der Waals surface area contributed by atoms with Gasteiger partial charge in [-0.15, -0.1) is 0 Å². The van der Waals surface area contributed by atoms with Crippen molar-refractivity contribution in [2.24, 2.45) is 0 Å². The molecule has 0 amide bonds. The molecule has 4 rings (SSSR count). The number of hydrogen-bond donors (Lipinski definition) is 0. The van der Waals surface area contributed by atoms with Gasteiger partial charge in [0.2, 0.25) is 0 Å². The van der Waals surface area contributed by atoms with Gasteiger partial charge in [0, 0.05) is 15.1 Å². The van der Waals surface area contributed by atoms with E-state index in [9.17, 15) is 0 Å². The predicted octanol–water partition coefficient (Wildman–Crippen LogP) is 7.08. The van der Waals surface area contributed by atoms with Crippen molar-refractivity contribution < 1.29 is 0 Å². The molecule has 2 heteroatoms. The third-order valence-corrected chi connectivity index (χ3v) is 4.97. The summed E-state index contributed by atoms with van der Waals surface area (Å²) in [5, 5.41) is 5.80. The molecule has 0 heterocycles. The van der Waals surface area contributed by atoms with Gasteiger partial charge in [0.1, 0.15) is 0 Å². The molecule has 0 radical (unpaired) electrons. The second kappa shape index (κ2) is 5.42. The first-order valence-corrected chi connectivity index (χ1v) is 8.27. The number of fused-ring (bicyclic) bond motifs is 3. The van der Waals surface area contributed by atoms with Gasteiger partial charge in [0.25, 0.3) is 0 Å². The molecule has 0 N–H and O–H groups in total. The molecular formula is C20H12BrCl. The first kappa shape index (κ1) is 13.8. The highest BCUT2D eigenvalue weighted by molar-refractivity contribution is 9.10. The Morgan fingerprint density at radius 2 is 1.45 bits per heavy atom. The Morgan fingerprint density at radius 1 is 0.682 bits per heavy atom. The van der Waals surface area contributed by atoms with Crippen molar-refractivity contribution in [1.29, 1.82) is 0 Å². The van der Waals surface area contributed by atoms with Crippen LogP contribution in [0.2, 0.25) is 5.02 Å². The van der Waals surface area contributed by atoms with E-state index in [1.165, 1.54) is 21.5 Å². The van der Waals surface area contributed by atoms with Gasteiger partial charge in [0.05, 0.1) is 0 Å². The van der Waals surface area contributed by atoms with Gasteiger partial charge >= 0.3 is 0 Å². The molecule has 0 aliphatic heterocycles. The molecule has 0 saturated carbocycles. The van der Waals surface area contributed by atoms with Crippen LogP contribution in [0.25, 0.3) is 32.7 Å². The fourth-order valence-electron chi connectivity index (χ4n) is 2.94. The molecule has 4 aromatic carbocycles. The lowest BCUT2D eigenvalue weighted by atomic mass is 9.97. The van der Waals surface area contributed by atoms with E-state index in [4.69, 9.17) is 11.6 Å². The zero-order chi connectivity index (χ0) is 15.1. The predicted molar refractivity (Wildman–Crippen MR) is 99.6 cm³/mol. The van der Waals surface area contributed by atoms with Gasteiger partial charge < -0.3 is 0 Å². The van der Waals surface area contributed by atoms with Crippen LogP contribution >= 0.6 is 27.5 Å². The Hall–Kier alpha value is -1.83. The smallest absolute Gasteiger partial charge is 0.0495 e. The summed E-state index contributed by atoms with van der Waals surface area (Å²) < 4.78 is 1.01. The maximum atomic E-state index is 6.38. The van der Waals surface area contributed by atoms with E-state index < -0.39 is 0 Å². The van der Waals surface area contributed by atoms with E-state index in [1.807, 2.05) is 18.2 Å². The molecule has 0 aliphatic carbocycles. The van der Waals surface area contributed by atoms with Gasteiger partial charge in [-0.3, -0.25) is 0 Å². The summed E-state index contributed by atoms with van der Waals surface area (Å²) in [5.74, 6) is 0. The summed E-state index contributed by atoms with van der Waals surface area (Å²) in [6.45, 7) is 0. The van der Waals surface area contributed by atoms with Crippen LogP contribution < -0.4 is 0 Å². The van der Waals surface area contributed by atoms with Crippen molar-refractivity contribution in [3.05, 3.63) is 82.3 Å². The normalized spacial score (nSPS) is 11.2. The van der Waals surface area contributed by atoms with Crippen molar-refractivity contribution in [3.63, 3.8) is 0 Å². The van der Waals surface area contributed by atoms with Crippen LogP contribution in [0.5, 0.6) is 0 Å². The maximum absolute atomic E-state index is 6.38. The molecule has 0 aromatic heterocycles. The average molecular weight is 368 g/mol. The lowest BCUT2D eigenvalue weighted by Crippen LogP contribution is -1.84. The molecule has 0 fully saturated rings. The molecule has 22 heavy (non-hydrogen) atoms. The molecular weight excluding hydrogens is 356 g/mol. The van der Waals surface area contributed by atoms with Crippen molar-refractivity contribution >= 4 is 49.1 Å². The van der Waals surface area contributed by atoms with E-state index in [1.54, 1.807) is 0 Å². The Bertz CT molecular complexity index is 985. The zero-order valence-electron chi connectivity index (χ0n) is 11.7. The van der Waals surface area contributed by atoms with Crippen LogP contribution in [0.1, 0.15) is 0 Å². The second-order valence-electron chi connectivity index (χ2n) is 5.32. The highest BCUT2D eigenvalue weighted by Crippen LogP contribution is 2.37. The van der Waals surface area contributed by atoms with E-state index in [0.717, 1.165) is 20.6 Å². The Balaban J connectivity index is 2.01. The Kier molecular flexibility index (Phi) is 3.40. The van der Waals surface area contributed by atoms with E-state index in [-0.39, 0.29) is 0 Å². The zero-order valence-corrected chi connectivity index (χ0v) is 14.0. The van der Waals surface area contributed by atoms with Crippen molar-refractivity contribution in [1.82, 2.24) is 0 Å². The molecule has 0 unspecified atom stereocenters. The van der Waals surface area contributed by atoms with E-state index in [0.29, 0.717) is 0 Å². The largest absolute Gasteiger partial charge is 0.0836 e. The standard InChI is InChI=1S/C20H12BrCl/c21-18-6-3-7-19(22)20(18)15-10-11-17-14(12-15)9-8-13-4-1-2-5-16(13)17/h1-12H. The van der Waals surface area contributed by atoms with Gasteiger partial charge in [-0.25, -0.2) is 0 Å². The number of halogens is 2. The lowest BCUT2D eigenvalue weighted by molar-refractivity contribution is 1.60. The lowest BCUT2D eigenvalue weighted by Gasteiger charge is -2.10. The number of benzene rings is 4. The monoisotopic (exact) mass is 366 g/mol. The second-order valence-corrected chi connectivity index (χ2v) is 6.58. The van der Waals surface area contributed by atoms with Gasteiger partial charge in [0.15, 0.2) is 0 Å². The molecule has 0 aliphatic rings. The minimum absolute atomic E-state index is 0.759. The minimum Gasteiger partial charge on any atom is -0.0836 e. The third kappa shape index (κ3) is 2.22. The van der Waals surface area contributed by atoms with Crippen LogP contribution in [-0.2, 0) is 0 Å². The molecule has 0 bridgehead atoms. The highest BCUT2D eigenvalue weighted by atomic mass is 79.9. The van der Waals surface area contributed by atoms with Crippen LogP contribution in [0.4, 0.5) is 0 Å². The average Bonchev–Trinajstić information content (AvgIpc) is 2.54. The third-order valence-electron chi connectivity index (χ3n) is 4.00. The van der Waals surface area contributed by atoms with Crippen LogP contribution in [0.15, 0.2) is 77.3 Å². The number of hydrogen-bond acceptors (Lipinski definition) is 0. The fourth-order valence-corrected chi connectivity index (χ4v) is 3.94. The van der Waals surface area contributed by atoms with Gasteiger partial charge in [-0.2, -0.15) is 0 Å². The topological polar surface area (TPSA) is 0 Å². The van der Waals surface area contributed by atoms with Crippen LogP contribution in [-0.4, -0.2) is 0 Å². The first-order chi connectivity index (χ1) is 10.7. The molecule has 0 saturated heterocycles. The maximum Gasteiger partial charge on any atom is 0.0495 e. The van der Waals surface area contributed by atoms with Gasteiger partial charge in [-0.1, -0.05) is 82.1 Å². The summed E-state index contributed by atoms with van der Waals surface area (Å²) in [6.07, 6.45) is 0. The van der Waals surface area contributed by atoms with Crippen molar-refractivity contribution in [3.8, 4) is 11.1 Å². The molecule has 0 nitrogen and oxygen atoms in total. The molecule has 106 valence electrons. The van der Waals surface area contributed by atoms with Crippen molar-refractivity contribution in [2.75, 3.05) is 0 Å². The van der Waals surface area contributed by atoms with E-state index in [2.05, 4.69) is 70.5 Å². The van der Waals surface area contributed by atoms with E-state index >= 15 is 0 Å². The fraction of sp³-hybridized carbons (Fsp3) is 0. The molecule has 4 aromatic rings.